The van der Waals surface area contributed by atoms with Gasteiger partial charge in [0.05, 0.1) is 18.2 Å². The number of aryl methyl sites for hydroxylation is 2. The number of carbonyl (C=O) groups excluding carboxylic acids is 2. The van der Waals surface area contributed by atoms with Crippen molar-refractivity contribution in [3.8, 4) is 5.75 Å². The van der Waals surface area contributed by atoms with E-state index >= 15 is 0 Å². The Morgan fingerprint density at radius 1 is 0.971 bits per heavy atom. The van der Waals surface area contributed by atoms with Crippen LogP contribution in [0.3, 0.4) is 0 Å². The van der Waals surface area contributed by atoms with Gasteiger partial charge in [0.1, 0.15) is 11.5 Å². The van der Waals surface area contributed by atoms with Gasteiger partial charge >= 0.3 is 0 Å². The molecule has 0 spiro atoms. The zero-order chi connectivity index (χ0) is 24.9. The molecular weight excluding hydrogens is 438 g/mol. The Bertz CT molecular complexity index is 1250. The standard InChI is InChI=1S/C30H31NO4/c1-4-5-17-35-24-15-13-23(14-16-24)27-26(28(32)25-18-20(2)11-12-21(25)3)29(33)30(34)31(27)19-22-9-7-6-8-10-22/h6-16,18,27,32H,4-5,17,19H2,1-3H3. The number of unbranched alkanes of at least 4 members (excludes halogenated alkanes) is 1. The molecule has 0 radical (unpaired) electrons. The molecule has 1 atom stereocenters. The molecule has 0 saturated carbocycles. The van der Waals surface area contributed by atoms with Gasteiger partial charge in [0.25, 0.3) is 11.7 Å². The van der Waals surface area contributed by atoms with Gasteiger partial charge in [-0.15, -0.1) is 0 Å². The van der Waals surface area contributed by atoms with E-state index in [2.05, 4.69) is 6.92 Å². The molecule has 3 aromatic carbocycles. The lowest BCUT2D eigenvalue weighted by Crippen LogP contribution is -2.29. The lowest BCUT2D eigenvalue weighted by atomic mass is 9.93. The van der Waals surface area contributed by atoms with Crippen LogP contribution in [0, 0.1) is 13.8 Å². The molecule has 180 valence electrons. The molecule has 1 unspecified atom stereocenters. The third-order valence-electron chi connectivity index (χ3n) is 6.35. The number of aliphatic hydroxyl groups excluding tert-OH is 1. The van der Waals surface area contributed by atoms with Gasteiger partial charge in [0, 0.05) is 12.1 Å². The zero-order valence-electron chi connectivity index (χ0n) is 20.5. The normalized spacial score (nSPS) is 17.1. The minimum absolute atomic E-state index is 0.110. The van der Waals surface area contributed by atoms with E-state index in [1.54, 1.807) is 4.90 Å². The van der Waals surface area contributed by atoms with Crippen LogP contribution in [0.5, 0.6) is 5.75 Å². The minimum Gasteiger partial charge on any atom is -0.507 e. The van der Waals surface area contributed by atoms with Crippen molar-refractivity contribution in [3.63, 3.8) is 0 Å². The zero-order valence-corrected chi connectivity index (χ0v) is 20.5. The van der Waals surface area contributed by atoms with Crippen LogP contribution < -0.4 is 4.74 Å². The molecule has 5 nitrogen and oxygen atoms in total. The number of carbonyl (C=O) groups is 2. The van der Waals surface area contributed by atoms with E-state index in [1.807, 2.05) is 86.6 Å². The number of Topliss-reactive ketones (excluding diaryl/α,β-unsaturated/α-hetero) is 1. The third kappa shape index (κ3) is 5.14. The van der Waals surface area contributed by atoms with Crippen LogP contribution in [0.1, 0.15) is 53.6 Å². The van der Waals surface area contributed by atoms with Crippen LogP contribution in [-0.4, -0.2) is 28.3 Å². The number of nitrogens with zero attached hydrogens (tertiary/aromatic N) is 1. The average Bonchev–Trinajstić information content (AvgIpc) is 3.11. The summed E-state index contributed by atoms with van der Waals surface area (Å²) < 4.78 is 5.79. The number of likely N-dealkylation sites (tertiary alicyclic amines) is 1. The number of amides is 1. The number of ketones is 1. The highest BCUT2D eigenvalue weighted by molar-refractivity contribution is 6.46. The summed E-state index contributed by atoms with van der Waals surface area (Å²) in [5, 5.41) is 11.4. The summed E-state index contributed by atoms with van der Waals surface area (Å²) in [6.45, 7) is 6.81. The number of rotatable bonds is 8. The van der Waals surface area contributed by atoms with Crippen molar-refractivity contribution < 1.29 is 19.4 Å². The van der Waals surface area contributed by atoms with Crippen LogP contribution in [-0.2, 0) is 16.1 Å². The molecule has 0 bridgehead atoms. The highest BCUT2D eigenvalue weighted by Gasteiger charge is 2.46. The SMILES string of the molecule is CCCCOc1ccc(C2C(=C(O)c3cc(C)ccc3C)C(=O)C(=O)N2Cc2ccccc2)cc1. The van der Waals surface area contributed by atoms with E-state index in [4.69, 9.17) is 4.74 Å². The first-order chi connectivity index (χ1) is 16.9. The maximum Gasteiger partial charge on any atom is 0.295 e. The Kier molecular flexibility index (Phi) is 7.35. The Morgan fingerprint density at radius 3 is 2.37 bits per heavy atom. The molecule has 1 saturated heterocycles. The highest BCUT2D eigenvalue weighted by Crippen LogP contribution is 2.41. The van der Waals surface area contributed by atoms with Gasteiger partial charge in [-0.2, -0.15) is 0 Å². The van der Waals surface area contributed by atoms with Gasteiger partial charge in [-0.1, -0.05) is 73.5 Å². The summed E-state index contributed by atoms with van der Waals surface area (Å²) >= 11 is 0. The second-order valence-electron chi connectivity index (χ2n) is 9.00. The van der Waals surface area contributed by atoms with Gasteiger partial charge in [-0.25, -0.2) is 0 Å². The van der Waals surface area contributed by atoms with Gasteiger partial charge in [-0.3, -0.25) is 9.59 Å². The van der Waals surface area contributed by atoms with Gasteiger partial charge in [0.2, 0.25) is 0 Å². The molecule has 1 fully saturated rings. The Balaban J connectivity index is 1.80. The first kappa shape index (κ1) is 24.3. The number of ether oxygens (including phenoxy) is 1. The quantitative estimate of drug-likeness (QED) is 0.187. The van der Waals surface area contributed by atoms with Crippen LogP contribution in [0.2, 0.25) is 0 Å². The highest BCUT2D eigenvalue weighted by atomic mass is 16.5. The fourth-order valence-electron chi connectivity index (χ4n) is 4.39. The third-order valence-corrected chi connectivity index (χ3v) is 6.35. The molecule has 4 rings (SSSR count). The van der Waals surface area contributed by atoms with Gasteiger partial charge < -0.3 is 14.7 Å². The summed E-state index contributed by atoms with van der Waals surface area (Å²) in [7, 11) is 0. The monoisotopic (exact) mass is 469 g/mol. The van der Waals surface area contributed by atoms with Crippen molar-refractivity contribution in [1.29, 1.82) is 0 Å². The van der Waals surface area contributed by atoms with Crippen LogP contribution in [0.15, 0.2) is 78.4 Å². The van der Waals surface area contributed by atoms with E-state index < -0.39 is 17.7 Å². The van der Waals surface area contributed by atoms with Crippen molar-refractivity contribution in [2.24, 2.45) is 0 Å². The van der Waals surface area contributed by atoms with Crippen molar-refractivity contribution in [2.45, 2.75) is 46.2 Å². The first-order valence-corrected chi connectivity index (χ1v) is 12.0. The summed E-state index contributed by atoms with van der Waals surface area (Å²) in [5.41, 5.74) is 4.12. The average molecular weight is 470 g/mol. The second kappa shape index (κ2) is 10.6. The molecule has 0 aliphatic carbocycles. The lowest BCUT2D eigenvalue weighted by molar-refractivity contribution is -0.140. The maximum absolute atomic E-state index is 13.3. The smallest absolute Gasteiger partial charge is 0.295 e. The molecular formula is C30H31NO4. The molecule has 1 amide bonds. The van der Waals surface area contributed by atoms with Gasteiger partial charge in [0.15, 0.2) is 0 Å². The number of aliphatic hydroxyl groups is 1. The molecule has 0 aromatic heterocycles. The Labute approximate surface area is 206 Å². The van der Waals surface area contributed by atoms with Crippen LogP contribution >= 0.6 is 0 Å². The summed E-state index contributed by atoms with van der Waals surface area (Å²) in [5.74, 6) is -0.702. The van der Waals surface area contributed by atoms with Crippen molar-refractivity contribution >= 4 is 17.4 Å². The van der Waals surface area contributed by atoms with E-state index in [-0.39, 0.29) is 17.9 Å². The molecule has 3 aromatic rings. The molecule has 35 heavy (non-hydrogen) atoms. The van der Waals surface area contributed by atoms with Crippen molar-refractivity contribution in [1.82, 2.24) is 4.90 Å². The number of benzene rings is 3. The van der Waals surface area contributed by atoms with Crippen LogP contribution in [0.4, 0.5) is 0 Å². The van der Waals surface area contributed by atoms with E-state index in [0.29, 0.717) is 12.2 Å². The first-order valence-electron chi connectivity index (χ1n) is 12.0. The predicted molar refractivity (Wildman–Crippen MR) is 137 cm³/mol. The molecule has 1 N–H and O–H groups in total. The Hall–Kier alpha value is -3.86. The Morgan fingerprint density at radius 2 is 1.69 bits per heavy atom. The van der Waals surface area contributed by atoms with Crippen molar-refractivity contribution in [3.05, 3.63) is 106 Å². The van der Waals surface area contributed by atoms with Gasteiger partial charge in [-0.05, 0) is 55.2 Å². The molecule has 1 heterocycles. The second-order valence-corrected chi connectivity index (χ2v) is 9.00. The lowest BCUT2D eigenvalue weighted by Gasteiger charge is -2.26. The fourth-order valence-corrected chi connectivity index (χ4v) is 4.39. The molecule has 1 aliphatic heterocycles. The maximum atomic E-state index is 13.3. The van der Waals surface area contributed by atoms with E-state index in [9.17, 15) is 14.7 Å². The fraction of sp³-hybridized carbons (Fsp3) is 0.267. The number of hydrogen-bond acceptors (Lipinski definition) is 4. The minimum atomic E-state index is -0.709. The summed E-state index contributed by atoms with van der Waals surface area (Å²) in [4.78, 5) is 28.1. The van der Waals surface area contributed by atoms with Crippen molar-refractivity contribution in [2.75, 3.05) is 6.61 Å². The largest absolute Gasteiger partial charge is 0.507 e. The molecule has 5 heteroatoms. The van der Waals surface area contributed by atoms with E-state index in [0.717, 1.165) is 40.8 Å². The topological polar surface area (TPSA) is 66.8 Å². The summed E-state index contributed by atoms with van der Waals surface area (Å²) in [6, 6.07) is 22.0. The number of hydrogen-bond donors (Lipinski definition) is 1. The predicted octanol–water partition coefficient (Wildman–Crippen LogP) is 6.10. The van der Waals surface area contributed by atoms with Crippen LogP contribution in [0.25, 0.3) is 5.76 Å². The van der Waals surface area contributed by atoms with E-state index in [1.165, 1.54) is 0 Å². The molecule has 1 aliphatic rings. The summed E-state index contributed by atoms with van der Waals surface area (Å²) in [6.07, 6.45) is 2.01.